The van der Waals surface area contributed by atoms with E-state index in [1.807, 2.05) is 0 Å². The molecule has 0 spiro atoms. The zero-order chi connectivity index (χ0) is 22.1. The first-order valence-electron chi connectivity index (χ1n) is 12.3. The highest BCUT2D eigenvalue weighted by Crippen LogP contribution is 2.45. The van der Waals surface area contributed by atoms with Gasteiger partial charge < -0.3 is 4.43 Å². The number of hydrogen-bond donors (Lipinski definition) is 0. The normalized spacial score (nSPS) is 22.3. The van der Waals surface area contributed by atoms with Crippen molar-refractivity contribution in [3.63, 3.8) is 0 Å². The van der Waals surface area contributed by atoms with Crippen LogP contribution in [0.4, 0.5) is 0 Å². The molecular weight excluding hydrogens is 386 g/mol. The summed E-state index contributed by atoms with van der Waals surface area (Å²) in [5.74, 6) is 1.53. The maximum atomic E-state index is 12.3. The van der Waals surface area contributed by atoms with Gasteiger partial charge in [-0.05, 0) is 84.9 Å². The molecule has 168 valence electrons. The summed E-state index contributed by atoms with van der Waals surface area (Å²) in [7, 11) is -2.08. The van der Waals surface area contributed by atoms with E-state index in [0.29, 0.717) is 28.6 Å². The summed E-state index contributed by atoms with van der Waals surface area (Å²) in [4.78, 5) is 15.1. The van der Waals surface area contributed by atoms with E-state index in [0.717, 1.165) is 30.4 Å². The number of benzene rings is 1. The van der Waals surface area contributed by atoms with Gasteiger partial charge in [0.25, 0.3) is 8.32 Å². The Bertz CT molecular complexity index is 719. The quantitative estimate of drug-likeness (QED) is 0.342. The predicted molar refractivity (Wildman–Crippen MR) is 129 cm³/mol. The van der Waals surface area contributed by atoms with Crippen molar-refractivity contribution in [2.75, 3.05) is 13.1 Å². The van der Waals surface area contributed by atoms with Crippen molar-refractivity contribution in [1.29, 1.82) is 0 Å². The first-order valence-corrected chi connectivity index (χ1v) is 14.4. The highest BCUT2D eigenvalue weighted by molar-refractivity contribution is 6.78. The van der Waals surface area contributed by atoms with E-state index in [-0.39, 0.29) is 0 Å². The minimum atomic E-state index is -2.08. The largest absolute Gasteiger partial charge is 0.542 e. The van der Waals surface area contributed by atoms with Crippen LogP contribution in [0.2, 0.25) is 16.6 Å². The van der Waals surface area contributed by atoms with Gasteiger partial charge in [-0.3, -0.25) is 9.69 Å². The average molecular weight is 430 g/mol. The third-order valence-electron chi connectivity index (χ3n) is 7.97. The van der Waals surface area contributed by atoms with Gasteiger partial charge in [0, 0.05) is 6.04 Å². The van der Waals surface area contributed by atoms with Crippen molar-refractivity contribution < 1.29 is 9.22 Å². The molecule has 3 rings (SSSR count). The molecule has 30 heavy (non-hydrogen) atoms. The molecule has 1 fully saturated rings. The lowest BCUT2D eigenvalue weighted by Gasteiger charge is -2.45. The SMILES string of the molecule is CCCN1CCC[C@@H]2Cc3c(ccc(O[Si](C(C)C)(C(C)C)C(C)C)c3C=O)C[C@H]21. The molecule has 1 aromatic rings. The molecule has 1 aromatic carbocycles. The predicted octanol–water partition coefficient (Wildman–Crippen LogP) is 6.64. The Kier molecular flexibility index (Phi) is 7.50. The molecule has 0 amide bonds. The third-order valence-corrected chi connectivity index (χ3v) is 14.0. The summed E-state index contributed by atoms with van der Waals surface area (Å²) in [6.07, 6.45) is 6.99. The molecular formula is C26H43NO2Si. The highest BCUT2D eigenvalue weighted by Gasteiger charge is 2.47. The topological polar surface area (TPSA) is 29.5 Å². The first-order chi connectivity index (χ1) is 14.3. The van der Waals surface area contributed by atoms with Crippen LogP contribution in [0, 0.1) is 5.92 Å². The van der Waals surface area contributed by atoms with Gasteiger partial charge in [-0.25, -0.2) is 0 Å². The van der Waals surface area contributed by atoms with Crippen LogP contribution in [0.1, 0.15) is 89.2 Å². The molecule has 0 N–H and O–H groups in total. The number of hydrogen-bond acceptors (Lipinski definition) is 3. The van der Waals surface area contributed by atoms with Gasteiger partial charge in [0.2, 0.25) is 0 Å². The second-order valence-electron chi connectivity index (χ2n) is 10.6. The van der Waals surface area contributed by atoms with Gasteiger partial charge in [0.1, 0.15) is 5.75 Å². The van der Waals surface area contributed by atoms with Crippen LogP contribution in [-0.2, 0) is 12.8 Å². The second kappa shape index (κ2) is 9.56. The molecule has 0 aromatic heterocycles. The smallest absolute Gasteiger partial charge is 0.258 e. The summed E-state index contributed by atoms with van der Waals surface area (Å²) in [5, 5.41) is 0. The summed E-state index contributed by atoms with van der Waals surface area (Å²) in [6.45, 7) is 18.5. The Labute approximate surface area is 185 Å². The summed E-state index contributed by atoms with van der Waals surface area (Å²) >= 11 is 0. The fourth-order valence-corrected chi connectivity index (χ4v) is 11.9. The van der Waals surface area contributed by atoms with E-state index >= 15 is 0 Å². The second-order valence-corrected chi connectivity index (χ2v) is 15.9. The number of carbonyl (C=O) groups excluding carboxylic acids is 1. The first kappa shape index (κ1) is 23.5. The number of carbonyl (C=O) groups is 1. The minimum absolute atomic E-state index is 0.498. The number of rotatable bonds is 8. The summed E-state index contributed by atoms with van der Waals surface area (Å²) in [5.41, 5.74) is 4.99. The summed E-state index contributed by atoms with van der Waals surface area (Å²) in [6, 6.07) is 5.03. The Morgan fingerprint density at radius 3 is 2.33 bits per heavy atom. The molecule has 1 aliphatic heterocycles. The van der Waals surface area contributed by atoms with Crippen molar-refractivity contribution in [3.05, 3.63) is 28.8 Å². The Morgan fingerprint density at radius 1 is 1.10 bits per heavy atom. The molecule has 1 saturated heterocycles. The molecule has 0 radical (unpaired) electrons. The fourth-order valence-electron chi connectivity index (χ4n) is 6.68. The molecule has 0 bridgehead atoms. The molecule has 2 aliphatic rings. The third kappa shape index (κ3) is 4.14. The summed E-state index contributed by atoms with van der Waals surface area (Å²) < 4.78 is 6.97. The maximum absolute atomic E-state index is 12.3. The van der Waals surface area contributed by atoms with Crippen LogP contribution in [0.3, 0.4) is 0 Å². The van der Waals surface area contributed by atoms with Gasteiger partial charge in [0.15, 0.2) is 6.29 Å². The van der Waals surface area contributed by atoms with Crippen LogP contribution in [0.5, 0.6) is 5.75 Å². The van der Waals surface area contributed by atoms with Gasteiger partial charge in [-0.1, -0.05) is 54.5 Å². The van der Waals surface area contributed by atoms with Crippen molar-refractivity contribution in [3.8, 4) is 5.75 Å². The van der Waals surface area contributed by atoms with E-state index in [4.69, 9.17) is 4.43 Å². The lowest BCUT2D eigenvalue weighted by atomic mass is 9.74. The Balaban J connectivity index is 1.98. The molecule has 1 aliphatic carbocycles. The molecule has 1 heterocycles. The Morgan fingerprint density at radius 2 is 1.77 bits per heavy atom. The number of nitrogens with zero attached hydrogens (tertiary/aromatic N) is 1. The van der Waals surface area contributed by atoms with Crippen molar-refractivity contribution >= 4 is 14.6 Å². The zero-order valence-electron chi connectivity index (χ0n) is 20.3. The van der Waals surface area contributed by atoms with Crippen molar-refractivity contribution in [1.82, 2.24) is 4.90 Å². The number of aldehydes is 1. The van der Waals surface area contributed by atoms with E-state index in [1.165, 1.54) is 43.5 Å². The van der Waals surface area contributed by atoms with E-state index in [2.05, 4.69) is 65.5 Å². The number of fused-ring (bicyclic) bond motifs is 2. The lowest BCUT2D eigenvalue weighted by molar-refractivity contribution is 0.0850. The van der Waals surface area contributed by atoms with Gasteiger partial charge in [-0.15, -0.1) is 0 Å². The van der Waals surface area contributed by atoms with E-state index in [1.54, 1.807) is 0 Å². The number of piperidine rings is 1. The van der Waals surface area contributed by atoms with E-state index in [9.17, 15) is 4.79 Å². The van der Waals surface area contributed by atoms with Crippen molar-refractivity contribution in [2.24, 2.45) is 5.92 Å². The van der Waals surface area contributed by atoms with Crippen LogP contribution < -0.4 is 4.43 Å². The number of likely N-dealkylation sites (tertiary alicyclic amines) is 1. The van der Waals surface area contributed by atoms with Gasteiger partial charge >= 0.3 is 0 Å². The van der Waals surface area contributed by atoms with Crippen LogP contribution in [0.15, 0.2) is 12.1 Å². The van der Waals surface area contributed by atoms with Crippen LogP contribution >= 0.6 is 0 Å². The molecule has 4 heteroatoms. The monoisotopic (exact) mass is 429 g/mol. The molecule has 0 unspecified atom stereocenters. The van der Waals surface area contributed by atoms with Gasteiger partial charge in [-0.2, -0.15) is 0 Å². The maximum Gasteiger partial charge on any atom is 0.258 e. The molecule has 0 saturated carbocycles. The molecule has 2 atom stereocenters. The lowest BCUT2D eigenvalue weighted by Crippen LogP contribution is -2.51. The fraction of sp³-hybridized carbons (Fsp3) is 0.731. The van der Waals surface area contributed by atoms with Gasteiger partial charge in [0.05, 0.1) is 5.56 Å². The highest BCUT2D eigenvalue weighted by atomic mass is 28.4. The Hall–Kier alpha value is -1.13. The zero-order valence-corrected chi connectivity index (χ0v) is 21.3. The van der Waals surface area contributed by atoms with Crippen molar-refractivity contribution in [2.45, 2.75) is 103 Å². The van der Waals surface area contributed by atoms with E-state index < -0.39 is 8.32 Å². The minimum Gasteiger partial charge on any atom is -0.542 e. The van der Waals surface area contributed by atoms with Crippen LogP contribution in [0.25, 0.3) is 0 Å². The average Bonchev–Trinajstić information content (AvgIpc) is 2.70. The van der Waals surface area contributed by atoms with Crippen LogP contribution in [-0.4, -0.2) is 38.6 Å². The standard InChI is InChI=1S/C26H43NO2Si/c1-8-13-27-14-9-10-22-15-23-21(16-25(22)27)11-12-26(24(23)17-28)29-30(18(2)3,19(4)5)20(6)7/h11-12,17-20,22,25H,8-10,13-16H2,1-7H3/t22-,25-/m1/s1. The molecule has 3 nitrogen and oxygen atoms in total.